The molecule has 0 aromatic carbocycles. The van der Waals surface area contributed by atoms with Gasteiger partial charge in [-0.2, -0.15) is 5.26 Å². The second-order valence-corrected chi connectivity index (χ2v) is 5.30. The molecule has 3 heteroatoms. The van der Waals surface area contributed by atoms with Gasteiger partial charge in [-0.25, -0.2) is 0 Å². The summed E-state index contributed by atoms with van der Waals surface area (Å²) in [5.41, 5.74) is 0.398. The highest BCUT2D eigenvalue weighted by Crippen LogP contribution is 2.44. The van der Waals surface area contributed by atoms with Gasteiger partial charge in [-0.15, -0.1) is 0 Å². The predicted octanol–water partition coefficient (Wildman–Crippen LogP) is 1.55. The number of amides is 1. The van der Waals surface area contributed by atoms with E-state index >= 15 is 0 Å². The van der Waals surface area contributed by atoms with Crippen molar-refractivity contribution in [3.8, 4) is 6.07 Å². The van der Waals surface area contributed by atoms with Crippen LogP contribution in [0.1, 0.15) is 33.1 Å². The van der Waals surface area contributed by atoms with Crippen molar-refractivity contribution in [2.45, 2.75) is 39.2 Å². The summed E-state index contributed by atoms with van der Waals surface area (Å²) in [6.07, 6.45) is 2.63. The van der Waals surface area contributed by atoms with Crippen LogP contribution in [-0.2, 0) is 4.79 Å². The number of nitriles is 1. The number of carbonyl (C=O) groups excluding carboxylic acids is 1. The van der Waals surface area contributed by atoms with Gasteiger partial charge < -0.3 is 4.90 Å². The lowest BCUT2D eigenvalue weighted by Crippen LogP contribution is -2.49. The molecule has 2 aliphatic rings. The maximum absolute atomic E-state index is 11.6. The fraction of sp³-hybridized carbons (Fsp3) is 0.818. The van der Waals surface area contributed by atoms with Gasteiger partial charge in [0.15, 0.2) is 0 Å². The predicted molar refractivity (Wildman–Crippen MR) is 52.2 cm³/mol. The molecule has 1 aliphatic heterocycles. The lowest BCUT2D eigenvalue weighted by molar-refractivity contribution is -0.133. The maximum Gasteiger partial charge on any atom is 0.224 e. The molecule has 14 heavy (non-hydrogen) atoms. The summed E-state index contributed by atoms with van der Waals surface area (Å²) < 4.78 is 0. The van der Waals surface area contributed by atoms with Crippen molar-refractivity contribution in [2.24, 2.45) is 11.3 Å². The van der Waals surface area contributed by atoms with E-state index < -0.39 is 0 Å². The van der Waals surface area contributed by atoms with Crippen LogP contribution in [-0.4, -0.2) is 23.4 Å². The standard InChI is InChI=1S/C11H16N2O/c1-11(2)4-9(5-11)13-7-8(6-12)3-10(13)14/h8-9H,3-5,7H2,1-2H3. The Labute approximate surface area is 84.7 Å². The Morgan fingerprint density at radius 1 is 1.50 bits per heavy atom. The van der Waals surface area contributed by atoms with E-state index in [9.17, 15) is 4.79 Å². The Balaban J connectivity index is 1.95. The van der Waals surface area contributed by atoms with Gasteiger partial charge in [-0.1, -0.05) is 13.8 Å². The lowest BCUT2D eigenvalue weighted by atomic mass is 9.68. The molecule has 0 bridgehead atoms. The topological polar surface area (TPSA) is 44.1 Å². The quantitative estimate of drug-likeness (QED) is 0.632. The second-order valence-electron chi connectivity index (χ2n) is 5.30. The highest BCUT2D eigenvalue weighted by atomic mass is 16.2. The van der Waals surface area contributed by atoms with Gasteiger partial charge in [0.2, 0.25) is 5.91 Å². The van der Waals surface area contributed by atoms with Gasteiger partial charge in [0.25, 0.3) is 0 Å². The summed E-state index contributed by atoms with van der Waals surface area (Å²) >= 11 is 0. The Hall–Kier alpha value is -1.04. The van der Waals surface area contributed by atoms with Crippen molar-refractivity contribution in [3.63, 3.8) is 0 Å². The first kappa shape index (κ1) is 9.51. The third-order valence-electron chi connectivity index (χ3n) is 3.36. The zero-order valence-electron chi connectivity index (χ0n) is 8.79. The molecule has 1 unspecified atom stereocenters. The zero-order chi connectivity index (χ0) is 10.3. The van der Waals surface area contributed by atoms with E-state index in [1.807, 2.05) is 4.90 Å². The Bertz CT molecular complexity index is 295. The number of hydrogen-bond donors (Lipinski definition) is 0. The van der Waals surface area contributed by atoms with Crippen LogP contribution in [0.15, 0.2) is 0 Å². The SMILES string of the molecule is CC1(C)CC(N2CC(C#N)CC2=O)C1. The molecular weight excluding hydrogens is 176 g/mol. The highest BCUT2D eigenvalue weighted by molar-refractivity contribution is 5.79. The molecule has 2 fully saturated rings. The van der Waals surface area contributed by atoms with E-state index in [0.717, 1.165) is 12.8 Å². The molecule has 1 heterocycles. The van der Waals surface area contributed by atoms with E-state index in [-0.39, 0.29) is 11.8 Å². The molecule has 3 nitrogen and oxygen atoms in total. The summed E-state index contributed by atoms with van der Waals surface area (Å²) in [4.78, 5) is 13.5. The van der Waals surface area contributed by atoms with Crippen molar-refractivity contribution in [2.75, 3.05) is 6.54 Å². The van der Waals surface area contributed by atoms with Crippen LogP contribution in [0.3, 0.4) is 0 Å². The largest absolute Gasteiger partial charge is 0.338 e. The highest BCUT2D eigenvalue weighted by Gasteiger charge is 2.44. The van der Waals surface area contributed by atoms with Crippen molar-refractivity contribution in [1.29, 1.82) is 5.26 Å². The molecule has 76 valence electrons. The van der Waals surface area contributed by atoms with Crippen LogP contribution in [0, 0.1) is 22.7 Å². The summed E-state index contributed by atoms with van der Waals surface area (Å²) in [6.45, 7) is 5.12. The molecule has 0 radical (unpaired) electrons. The van der Waals surface area contributed by atoms with Gasteiger partial charge in [0, 0.05) is 19.0 Å². The number of hydrogen-bond acceptors (Lipinski definition) is 2. The average Bonchev–Trinajstić information content (AvgIpc) is 2.42. The van der Waals surface area contributed by atoms with Gasteiger partial charge in [-0.05, 0) is 18.3 Å². The molecule has 0 aromatic heterocycles. The first-order valence-electron chi connectivity index (χ1n) is 5.21. The molecule has 1 saturated heterocycles. The first-order chi connectivity index (χ1) is 6.52. The molecule has 1 aliphatic carbocycles. The van der Waals surface area contributed by atoms with Crippen LogP contribution in [0.2, 0.25) is 0 Å². The van der Waals surface area contributed by atoms with Crippen LogP contribution in [0.4, 0.5) is 0 Å². The van der Waals surface area contributed by atoms with Gasteiger partial charge in [-0.3, -0.25) is 4.79 Å². The Kier molecular flexibility index (Phi) is 2.02. The van der Waals surface area contributed by atoms with Crippen molar-refractivity contribution < 1.29 is 4.79 Å². The molecule has 2 rings (SSSR count). The summed E-state index contributed by atoms with van der Waals surface area (Å²) in [5.74, 6) is 0.114. The minimum absolute atomic E-state index is 0.0637. The second kappa shape index (κ2) is 2.98. The summed E-state index contributed by atoms with van der Waals surface area (Å²) in [6, 6.07) is 2.60. The Morgan fingerprint density at radius 3 is 2.57 bits per heavy atom. The van der Waals surface area contributed by atoms with Crippen LogP contribution >= 0.6 is 0 Å². The lowest BCUT2D eigenvalue weighted by Gasteiger charge is -2.47. The van der Waals surface area contributed by atoms with Crippen molar-refractivity contribution >= 4 is 5.91 Å². The number of rotatable bonds is 1. The van der Waals surface area contributed by atoms with E-state index in [0.29, 0.717) is 24.4 Å². The molecule has 0 aromatic rings. The monoisotopic (exact) mass is 192 g/mol. The Morgan fingerprint density at radius 2 is 2.14 bits per heavy atom. The average molecular weight is 192 g/mol. The van der Waals surface area contributed by atoms with Gasteiger partial charge in [0.05, 0.1) is 12.0 Å². The van der Waals surface area contributed by atoms with Gasteiger partial charge >= 0.3 is 0 Å². The molecule has 1 atom stereocenters. The fourth-order valence-corrected chi connectivity index (χ4v) is 2.61. The molecule has 0 N–H and O–H groups in total. The fourth-order valence-electron chi connectivity index (χ4n) is 2.61. The minimum Gasteiger partial charge on any atom is -0.338 e. The summed E-state index contributed by atoms with van der Waals surface area (Å²) in [7, 11) is 0. The molecule has 1 saturated carbocycles. The first-order valence-corrected chi connectivity index (χ1v) is 5.21. The maximum atomic E-state index is 11.6. The van der Waals surface area contributed by atoms with E-state index in [2.05, 4.69) is 19.9 Å². The molecular formula is C11H16N2O. The zero-order valence-corrected chi connectivity index (χ0v) is 8.79. The van der Waals surface area contributed by atoms with Crippen LogP contribution in [0.5, 0.6) is 0 Å². The third-order valence-corrected chi connectivity index (χ3v) is 3.36. The third kappa shape index (κ3) is 1.50. The molecule has 1 amide bonds. The van der Waals surface area contributed by atoms with Crippen molar-refractivity contribution in [3.05, 3.63) is 0 Å². The number of carbonyl (C=O) groups is 1. The smallest absolute Gasteiger partial charge is 0.224 e. The van der Waals surface area contributed by atoms with E-state index in [4.69, 9.17) is 5.26 Å². The number of nitrogens with zero attached hydrogens (tertiary/aromatic N) is 2. The van der Waals surface area contributed by atoms with E-state index in [1.165, 1.54) is 0 Å². The molecule has 0 spiro atoms. The van der Waals surface area contributed by atoms with E-state index in [1.54, 1.807) is 0 Å². The van der Waals surface area contributed by atoms with Gasteiger partial charge in [0.1, 0.15) is 0 Å². The minimum atomic E-state index is -0.0637. The normalized spacial score (nSPS) is 31.4. The van der Waals surface area contributed by atoms with Crippen molar-refractivity contribution in [1.82, 2.24) is 4.90 Å². The number of likely N-dealkylation sites (tertiary alicyclic amines) is 1. The summed E-state index contributed by atoms with van der Waals surface area (Å²) in [5, 5.41) is 8.75. The van der Waals surface area contributed by atoms with Crippen LogP contribution in [0.25, 0.3) is 0 Å². The van der Waals surface area contributed by atoms with Crippen LogP contribution < -0.4 is 0 Å².